The van der Waals surface area contributed by atoms with E-state index in [1.54, 1.807) is 0 Å². The van der Waals surface area contributed by atoms with Gasteiger partial charge in [-0.3, -0.25) is 9.59 Å². The van der Waals surface area contributed by atoms with Crippen molar-refractivity contribution in [1.29, 1.82) is 5.26 Å². The van der Waals surface area contributed by atoms with E-state index >= 15 is 0 Å². The standard InChI is InChI=1S/C6H8O7.CH2N2.Ca.2H/c7-3(8)1-6(13,5(11)12)2-4(9)10;2-1-3;;;/h13H,1-2H2,(H,7,8)(H,9,10)(H,11,12);2H2;;;/q;;+2;2*-1. The van der Waals surface area contributed by atoms with E-state index in [9.17, 15) is 14.4 Å². The number of hydrogen-bond donors (Lipinski definition) is 5. The summed E-state index contributed by atoms with van der Waals surface area (Å²) >= 11 is 0. The molecule has 0 bridgehead atoms. The summed E-state index contributed by atoms with van der Waals surface area (Å²) in [5, 5.41) is 40.9. The predicted molar refractivity (Wildman–Crippen MR) is 54.9 cm³/mol. The molecule has 0 aliphatic rings. The van der Waals surface area contributed by atoms with E-state index in [0.29, 0.717) is 0 Å². The Morgan fingerprint density at radius 1 is 1.18 bits per heavy atom. The summed E-state index contributed by atoms with van der Waals surface area (Å²) in [6.45, 7) is 0. The smallest absolute Gasteiger partial charge is 1.00 e. The Morgan fingerprint density at radius 2 is 1.41 bits per heavy atom. The van der Waals surface area contributed by atoms with Crippen LogP contribution in [0.3, 0.4) is 0 Å². The molecule has 0 amide bonds. The van der Waals surface area contributed by atoms with Crippen LogP contribution >= 0.6 is 0 Å². The van der Waals surface area contributed by atoms with Gasteiger partial charge < -0.3 is 29.0 Å². The number of nitrogens with two attached hydrogens (primary N) is 1. The van der Waals surface area contributed by atoms with Gasteiger partial charge in [0.1, 0.15) is 0 Å². The van der Waals surface area contributed by atoms with Gasteiger partial charge in [0, 0.05) is 0 Å². The molecule has 0 aliphatic heterocycles. The first-order chi connectivity index (χ1) is 7.19. The molecule has 9 nitrogen and oxygen atoms in total. The Kier molecular flexibility index (Phi) is 12.6. The van der Waals surface area contributed by atoms with Crippen LogP contribution in [0.4, 0.5) is 0 Å². The van der Waals surface area contributed by atoms with Gasteiger partial charge in [0.25, 0.3) is 0 Å². The zero-order valence-corrected chi connectivity index (χ0v) is 10.9. The molecule has 0 aliphatic carbocycles. The van der Waals surface area contributed by atoms with Crippen molar-refractivity contribution in [2.24, 2.45) is 5.73 Å². The maximum absolute atomic E-state index is 10.3. The molecule has 6 N–H and O–H groups in total. The van der Waals surface area contributed by atoms with Gasteiger partial charge in [-0.25, -0.2) is 4.79 Å². The van der Waals surface area contributed by atoms with Crippen molar-refractivity contribution in [3.8, 4) is 6.19 Å². The van der Waals surface area contributed by atoms with Gasteiger partial charge in [-0.05, 0) is 0 Å². The molecular formula is C7H12CaN2O7. The van der Waals surface area contributed by atoms with Gasteiger partial charge in [0.05, 0.1) is 12.8 Å². The van der Waals surface area contributed by atoms with Crippen LogP contribution in [0, 0.1) is 11.5 Å². The molecule has 0 aromatic carbocycles. The zero-order chi connectivity index (χ0) is 13.4. The van der Waals surface area contributed by atoms with E-state index in [4.69, 9.17) is 25.7 Å². The maximum Gasteiger partial charge on any atom is 2.00 e. The largest absolute Gasteiger partial charge is 2.00 e. The molecular weight excluding hydrogens is 264 g/mol. The summed E-state index contributed by atoms with van der Waals surface area (Å²) in [5.41, 5.74) is 1.41. The Morgan fingerprint density at radius 3 is 1.53 bits per heavy atom. The Labute approximate surface area is 128 Å². The first-order valence-corrected chi connectivity index (χ1v) is 3.68. The summed E-state index contributed by atoms with van der Waals surface area (Å²) in [7, 11) is 0. The molecule has 0 saturated heterocycles. The third kappa shape index (κ3) is 11.2. The molecule has 0 fully saturated rings. The van der Waals surface area contributed by atoms with Crippen molar-refractivity contribution in [3.05, 3.63) is 0 Å². The summed E-state index contributed by atoms with van der Waals surface area (Å²) in [4.78, 5) is 30.5. The zero-order valence-electron chi connectivity index (χ0n) is 10.7. The third-order valence-corrected chi connectivity index (χ3v) is 1.29. The second-order valence-electron chi connectivity index (χ2n) is 2.61. The van der Waals surface area contributed by atoms with Gasteiger partial charge in [-0.15, -0.1) is 0 Å². The molecule has 0 aromatic heterocycles. The van der Waals surface area contributed by atoms with Gasteiger partial charge in [0.15, 0.2) is 11.8 Å². The van der Waals surface area contributed by atoms with Crippen LogP contribution in [0.5, 0.6) is 0 Å². The van der Waals surface area contributed by atoms with Crippen molar-refractivity contribution in [1.82, 2.24) is 0 Å². The number of nitrogens with zero attached hydrogens (tertiary/aromatic N) is 1. The van der Waals surface area contributed by atoms with Gasteiger partial charge in [-0.1, -0.05) is 0 Å². The fraction of sp³-hybridized carbons (Fsp3) is 0.429. The summed E-state index contributed by atoms with van der Waals surface area (Å²) < 4.78 is 0. The van der Waals surface area contributed by atoms with Crippen LogP contribution in [-0.2, 0) is 14.4 Å². The van der Waals surface area contributed by atoms with E-state index in [1.165, 1.54) is 6.19 Å². The van der Waals surface area contributed by atoms with Crippen molar-refractivity contribution in [2.75, 3.05) is 0 Å². The average Bonchev–Trinajstić information content (AvgIpc) is 2.01. The molecule has 10 heteroatoms. The maximum atomic E-state index is 10.3. The minimum absolute atomic E-state index is 0. The molecule has 0 saturated carbocycles. The summed E-state index contributed by atoms with van der Waals surface area (Å²) in [6, 6.07) is 0. The molecule has 0 spiro atoms. The van der Waals surface area contributed by atoms with Crippen molar-refractivity contribution in [3.63, 3.8) is 0 Å². The molecule has 0 atom stereocenters. The number of carboxylic acids is 3. The second-order valence-corrected chi connectivity index (χ2v) is 2.61. The number of hydrogen-bond acceptors (Lipinski definition) is 6. The molecule has 94 valence electrons. The van der Waals surface area contributed by atoms with Crippen molar-refractivity contribution < 1.29 is 37.7 Å². The van der Waals surface area contributed by atoms with E-state index in [1.807, 2.05) is 0 Å². The molecule has 0 aromatic rings. The van der Waals surface area contributed by atoms with Gasteiger partial charge in [0.2, 0.25) is 0 Å². The quantitative estimate of drug-likeness (QED) is 0.216. The Hall–Kier alpha value is -1.08. The first kappa shape index (κ1) is 21.2. The van der Waals surface area contributed by atoms with E-state index < -0.39 is 36.4 Å². The van der Waals surface area contributed by atoms with Crippen LogP contribution in [0.2, 0.25) is 0 Å². The minimum atomic E-state index is -2.74. The van der Waals surface area contributed by atoms with Crippen molar-refractivity contribution in [2.45, 2.75) is 18.4 Å². The number of carbonyl (C=O) groups is 3. The normalized spacial score (nSPS) is 8.71. The fourth-order valence-electron chi connectivity index (χ4n) is 0.714. The van der Waals surface area contributed by atoms with Gasteiger partial charge in [-0.2, -0.15) is 5.26 Å². The molecule has 0 unspecified atom stereocenters. The molecule has 0 heterocycles. The van der Waals surface area contributed by atoms with E-state index in [0.717, 1.165) is 0 Å². The second kappa shape index (κ2) is 10.1. The number of carboxylic acid groups (broad SMARTS) is 3. The number of rotatable bonds is 5. The molecule has 0 radical (unpaired) electrons. The molecule has 17 heavy (non-hydrogen) atoms. The average molecular weight is 276 g/mol. The summed E-state index contributed by atoms with van der Waals surface area (Å²) in [5.74, 6) is -5.02. The van der Waals surface area contributed by atoms with Crippen molar-refractivity contribution >= 4 is 55.6 Å². The van der Waals surface area contributed by atoms with Crippen LogP contribution in [0.25, 0.3) is 0 Å². The van der Waals surface area contributed by atoms with E-state index in [-0.39, 0.29) is 40.6 Å². The number of nitriles is 1. The first-order valence-electron chi connectivity index (χ1n) is 3.68. The van der Waals surface area contributed by atoms with Crippen LogP contribution < -0.4 is 5.73 Å². The van der Waals surface area contributed by atoms with Gasteiger partial charge >= 0.3 is 55.6 Å². The monoisotopic (exact) mass is 276 g/mol. The van der Waals surface area contributed by atoms with E-state index in [2.05, 4.69) is 5.73 Å². The SMILES string of the molecule is N#CN.O=C(O)CC(O)(CC(=O)O)C(=O)O.[Ca+2].[H-].[H-]. The number of aliphatic hydroxyl groups is 1. The fourth-order valence-corrected chi connectivity index (χ4v) is 0.714. The third-order valence-electron chi connectivity index (χ3n) is 1.29. The summed E-state index contributed by atoms with van der Waals surface area (Å²) in [6.07, 6.45) is -1.04. The molecule has 0 rings (SSSR count). The minimum Gasteiger partial charge on any atom is -1.00 e. The number of aliphatic carboxylic acids is 3. The van der Waals surface area contributed by atoms with Crippen LogP contribution in [-0.4, -0.2) is 81.7 Å². The Bertz CT molecular complexity index is 318. The van der Waals surface area contributed by atoms with Crippen LogP contribution in [0.1, 0.15) is 15.7 Å². The van der Waals surface area contributed by atoms with Crippen LogP contribution in [0.15, 0.2) is 0 Å². The topological polar surface area (TPSA) is 182 Å². The predicted octanol–water partition coefficient (Wildman–Crippen LogP) is -1.98. The Balaban J connectivity index is -0.0000000992.